The Balaban J connectivity index is 1.74. The van der Waals surface area contributed by atoms with Crippen molar-refractivity contribution in [3.63, 3.8) is 0 Å². The maximum atomic E-state index is 11.9. The topological polar surface area (TPSA) is 74.4 Å². The highest BCUT2D eigenvalue weighted by atomic mass is 16.6. The highest BCUT2D eigenvalue weighted by Crippen LogP contribution is 2.25. The first-order valence-electron chi connectivity index (χ1n) is 7.51. The smallest absolute Gasteiger partial charge is 0.338 e. The van der Waals surface area contributed by atoms with E-state index < -0.39 is 4.92 Å². The summed E-state index contributed by atoms with van der Waals surface area (Å²) in [7, 11) is 1.88. The number of carbonyl (C=O) groups excluding carboxylic acids is 1. The van der Waals surface area contributed by atoms with Gasteiger partial charge in [0.2, 0.25) is 0 Å². The van der Waals surface area contributed by atoms with Crippen molar-refractivity contribution < 1.29 is 14.5 Å². The van der Waals surface area contributed by atoms with Crippen LogP contribution in [0.4, 0.5) is 5.69 Å². The molecule has 0 aliphatic heterocycles. The second-order valence-electron chi connectivity index (χ2n) is 5.48. The molecule has 0 fully saturated rings. The Labute approximate surface area is 138 Å². The van der Waals surface area contributed by atoms with Gasteiger partial charge in [0.1, 0.15) is 0 Å². The van der Waals surface area contributed by atoms with Crippen LogP contribution in [-0.4, -0.2) is 22.1 Å². The Kier molecular flexibility index (Phi) is 4.29. The van der Waals surface area contributed by atoms with Crippen LogP contribution in [0.2, 0.25) is 0 Å². The number of ether oxygens (including phenoxy) is 1. The van der Waals surface area contributed by atoms with E-state index in [1.54, 1.807) is 36.4 Å². The van der Waals surface area contributed by atoms with Crippen LogP contribution in [0.25, 0.3) is 10.9 Å². The number of nitro benzene ring substituents is 1. The van der Waals surface area contributed by atoms with Gasteiger partial charge in [0.05, 0.1) is 17.1 Å². The Morgan fingerprint density at radius 1 is 1.21 bits per heavy atom. The lowest BCUT2D eigenvalue weighted by Crippen LogP contribution is -2.07. The lowest BCUT2D eigenvalue weighted by atomic mass is 10.1. The number of aromatic nitrogens is 1. The summed E-state index contributed by atoms with van der Waals surface area (Å²) in [5.74, 6) is -0.373. The van der Waals surface area contributed by atoms with Gasteiger partial charge < -0.3 is 9.30 Å². The normalized spacial score (nSPS) is 10.7. The Morgan fingerprint density at radius 3 is 2.67 bits per heavy atom. The van der Waals surface area contributed by atoms with Crippen LogP contribution in [-0.2, 0) is 18.2 Å². The summed E-state index contributed by atoms with van der Waals surface area (Å²) in [5, 5.41) is 11.8. The zero-order valence-corrected chi connectivity index (χ0v) is 13.1. The van der Waals surface area contributed by atoms with Gasteiger partial charge in [-0.1, -0.05) is 18.2 Å². The summed E-state index contributed by atoms with van der Waals surface area (Å²) >= 11 is 0. The first kappa shape index (κ1) is 15.7. The van der Waals surface area contributed by atoms with Gasteiger partial charge in [-0.2, -0.15) is 0 Å². The Morgan fingerprint density at radius 2 is 1.96 bits per heavy atom. The van der Waals surface area contributed by atoms with Gasteiger partial charge in [0.15, 0.2) is 0 Å². The standard InChI is InChI=1S/C18H16N2O4/c1-19-12-14(16-11-15(20(22)23)7-8-17(16)19)9-10-24-18(21)13-5-3-2-4-6-13/h2-8,11-12H,9-10H2,1H3. The number of benzene rings is 2. The molecule has 2 aromatic carbocycles. The van der Waals surface area contributed by atoms with Gasteiger partial charge in [-0.05, 0) is 23.8 Å². The van der Waals surface area contributed by atoms with Crippen LogP contribution < -0.4 is 0 Å². The minimum absolute atomic E-state index is 0.0521. The molecule has 0 bridgehead atoms. The number of esters is 1. The quantitative estimate of drug-likeness (QED) is 0.409. The maximum absolute atomic E-state index is 11.9. The average molecular weight is 324 g/mol. The summed E-state index contributed by atoms with van der Waals surface area (Å²) < 4.78 is 7.20. The first-order valence-corrected chi connectivity index (χ1v) is 7.51. The van der Waals surface area contributed by atoms with Crippen molar-refractivity contribution >= 4 is 22.6 Å². The largest absolute Gasteiger partial charge is 0.462 e. The fourth-order valence-corrected chi connectivity index (χ4v) is 2.69. The van der Waals surface area contributed by atoms with E-state index in [1.807, 2.05) is 23.9 Å². The molecule has 24 heavy (non-hydrogen) atoms. The molecule has 0 N–H and O–H groups in total. The fraction of sp³-hybridized carbons (Fsp3) is 0.167. The van der Waals surface area contributed by atoms with E-state index in [4.69, 9.17) is 4.74 Å². The molecule has 0 spiro atoms. The lowest BCUT2D eigenvalue weighted by Gasteiger charge is -2.04. The predicted octanol–water partition coefficient (Wildman–Crippen LogP) is 3.49. The molecule has 6 nitrogen and oxygen atoms in total. The molecule has 0 aliphatic rings. The monoisotopic (exact) mass is 324 g/mol. The molecule has 0 radical (unpaired) electrons. The van der Waals surface area contributed by atoms with Crippen LogP contribution in [0, 0.1) is 10.1 Å². The molecule has 6 heteroatoms. The van der Waals surface area contributed by atoms with Gasteiger partial charge in [0.25, 0.3) is 5.69 Å². The average Bonchev–Trinajstić information content (AvgIpc) is 2.91. The number of rotatable bonds is 5. The highest BCUT2D eigenvalue weighted by Gasteiger charge is 2.13. The molecule has 1 aromatic heterocycles. The van der Waals surface area contributed by atoms with Crippen molar-refractivity contribution in [3.8, 4) is 0 Å². The SMILES string of the molecule is Cn1cc(CCOC(=O)c2ccccc2)c2cc([N+](=O)[O-])ccc21. The number of non-ortho nitro benzene ring substituents is 1. The van der Waals surface area contributed by atoms with Crippen molar-refractivity contribution in [1.29, 1.82) is 0 Å². The minimum atomic E-state index is -0.411. The summed E-state index contributed by atoms with van der Waals surface area (Å²) in [4.78, 5) is 22.5. The van der Waals surface area contributed by atoms with Gasteiger partial charge >= 0.3 is 5.97 Å². The third-order valence-electron chi connectivity index (χ3n) is 3.88. The van der Waals surface area contributed by atoms with Crippen molar-refractivity contribution in [1.82, 2.24) is 4.57 Å². The van der Waals surface area contributed by atoms with Crippen LogP contribution in [0.5, 0.6) is 0 Å². The zero-order valence-electron chi connectivity index (χ0n) is 13.1. The van der Waals surface area contributed by atoms with E-state index >= 15 is 0 Å². The second-order valence-corrected chi connectivity index (χ2v) is 5.48. The summed E-state index contributed by atoms with van der Waals surface area (Å²) in [6.45, 7) is 0.218. The van der Waals surface area contributed by atoms with Gasteiger partial charge in [-0.15, -0.1) is 0 Å². The summed E-state index contributed by atoms with van der Waals surface area (Å²) in [6, 6.07) is 13.6. The Hall–Kier alpha value is -3.15. The fourth-order valence-electron chi connectivity index (χ4n) is 2.69. The van der Waals surface area contributed by atoms with Crippen molar-refractivity contribution in [2.24, 2.45) is 7.05 Å². The third-order valence-corrected chi connectivity index (χ3v) is 3.88. The molecule has 0 saturated heterocycles. The van der Waals surface area contributed by atoms with Gasteiger partial charge in [0, 0.05) is 42.7 Å². The van der Waals surface area contributed by atoms with E-state index in [1.165, 1.54) is 6.07 Å². The molecular weight excluding hydrogens is 308 g/mol. The minimum Gasteiger partial charge on any atom is -0.462 e. The molecule has 1 heterocycles. The maximum Gasteiger partial charge on any atom is 0.338 e. The number of nitrogens with zero attached hydrogens (tertiary/aromatic N) is 2. The number of nitro groups is 1. The van der Waals surface area contributed by atoms with Crippen molar-refractivity contribution in [2.45, 2.75) is 6.42 Å². The molecule has 3 rings (SSSR count). The van der Waals surface area contributed by atoms with E-state index in [9.17, 15) is 14.9 Å². The third kappa shape index (κ3) is 3.12. The predicted molar refractivity (Wildman–Crippen MR) is 90.0 cm³/mol. The molecular formula is C18H16N2O4. The van der Waals surface area contributed by atoms with Gasteiger partial charge in [-0.3, -0.25) is 10.1 Å². The van der Waals surface area contributed by atoms with Crippen LogP contribution in [0.1, 0.15) is 15.9 Å². The second kappa shape index (κ2) is 6.54. The molecule has 0 amide bonds. The lowest BCUT2D eigenvalue weighted by molar-refractivity contribution is -0.384. The van der Waals surface area contributed by atoms with Gasteiger partial charge in [-0.25, -0.2) is 4.79 Å². The zero-order chi connectivity index (χ0) is 17.1. The molecule has 122 valence electrons. The van der Waals surface area contributed by atoms with E-state index in [2.05, 4.69) is 0 Å². The van der Waals surface area contributed by atoms with E-state index in [0.29, 0.717) is 12.0 Å². The molecule has 0 atom stereocenters. The molecule has 0 aliphatic carbocycles. The molecule has 3 aromatic rings. The number of aryl methyl sites for hydroxylation is 1. The first-order chi connectivity index (χ1) is 11.6. The summed E-state index contributed by atoms with van der Waals surface area (Å²) in [6.07, 6.45) is 2.40. The number of hydrogen-bond donors (Lipinski definition) is 0. The highest BCUT2D eigenvalue weighted by molar-refractivity contribution is 5.89. The molecule has 0 unspecified atom stereocenters. The Bertz CT molecular complexity index is 900. The van der Waals surface area contributed by atoms with Crippen LogP contribution in [0.3, 0.4) is 0 Å². The number of fused-ring (bicyclic) bond motifs is 1. The van der Waals surface area contributed by atoms with E-state index in [-0.39, 0.29) is 18.3 Å². The summed E-state index contributed by atoms with van der Waals surface area (Å²) in [5.41, 5.74) is 2.38. The molecule has 0 saturated carbocycles. The van der Waals surface area contributed by atoms with Crippen LogP contribution in [0.15, 0.2) is 54.7 Å². The van der Waals surface area contributed by atoms with E-state index in [0.717, 1.165) is 16.5 Å². The van der Waals surface area contributed by atoms with Crippen LogP contribution >= 0.6 is 0 Å². The van der Waals surface area contributed by atoms with Crippen molar-refractivity contribution in [2.75, 3.05) is 6.61 Å². The van der Waals surface area contributed by atoms with Crippen molar-refractivity contribution in [3.05, 3.63) is 76.0 Å². The number of carbonyl (C=O) groups is 1. The number of hydrogen-bond acceptors (Lipinski definition) is 4.